The van der Waals surface area contributed by atoms with Gasteiger partial charge >= 0.3 is 12.4 Å². The standard InChI is InChI=1S/C36H29F6N3S/c37-35(38,39)28-21-29(36(40,41)42)23-30(22-28)43-34(46)45-33(27-19-11-4-12-20-27)32(26-17-9-3-10-18-26)44-31(24-13-5-1-6-14-24)25-15-7-2-8-16-25/h1-23,31-33,44H,(H2,43,45,46). The Balaban J connectivity index is 1.55. The summed E-state index contributed by atoms with van der Waals surface area (Å²) in [5, 5.41) is 9.41. The van der Waals surface area contributed by atoms with E-state index in [4.69, 9.17) is 12.2 Å². The Morgan fingerprint density at radius 3 is 1.26 bits per heavy atom. The summed E-state index contributed by atoms with van der Waals surface area (Å²) in [7, 11) is 0. The molecular formula is C36H29F6N3S. The van der Waals surface area contributed by atoms with Crippen LogP contribution in [0, 0.1) is 0 Å². The predicted octanol–water partition coefficient (Wildman–Crippen LogP) is 9.87. The molecule has 0 aromatic heterocycles. The van der Waals surface area contributed by atoms with Gasteiger partial charge in [0.1, 0.15) is 0 Å². The fourth-order valence-electron chi connectivity index (χ4n) is 5.26. The van der Waals surface area contributed by atoms with Gasteiger partial charge < -0.3 is 10.6 Å². The summed E-state index contributed by atoms with van der Waals surface area (Å²) in [5.74, 6) is 0. The number of alkyl halides is 6. The molecule has 5 aromatic carbocycles. The van der Waals surface area contributed by atoms with Crippen LogP contribution in [-0.2, 0) is 12.4 Å². The van der Waals surface area contributed by atoms with Crippen LogP contribution in [0.4, 0.5) is 32.0 Å². The molecule has 0 aliphatic rings. The number of thiocarbonyl (C=S) groups is 1. The number of benzene rings is 5. The molecule has 46 heavy (non-hydrogen) atoms. The fourth-order valence-corrected chi connectivity index (χ4v) is 5.50. The molecule has 3 N–H and O–H groups in total. The van der Waals surface area contributed by atoms with Crippen LogP contribution in [0.1, 0.15) is 51.5 Å². The lowest BCUT2D eigenvalue weighted by Crippen LogP contribution is -2.41. The van der Waals surface area contributed by atoms with Crippen LogP contribution in [-0.4, -0.2) is 5.11 Å². The first-order chi connectivity index (χ1) is 22.0. The van der Waals surface area contributed by atoms with E-state index < -0.39 is 41.3 Å². The number of rotatable bonds is 9. The Labute approximate surface area is 268 Å². The van der Waals surface area contributed by atoms with Crippen molar-refractivity contribution in [3.63, 3.8) is 0 Å². The van der Waals surface area contributed by atoms with Crippen molar-refractivity contribution in [2.75, 3.05) is 5.32 Å². The van der Waals surface area contributed by atoms with Crippen LogP contribution < -0.4 is 16.0 Å². The lowest BCUT2D eigenvalue weighted by molar-refractivity contribution is -0.143. The van der Waals surface area contributed by atoms with Gasteiger partial charge in [-0.05, 0) is 52.7 Å². The Hall–Kier alpha value is -4.67. The van der Waals surface area contributed by atoms with E-state index in [0.29, 0.717) is 12.1 Å². The molecule has 0 spiro atoms. The molecule has 0 aliphatic carbocycles. The van der Waals surface area contributed by atoms with Gasteiger partial charge in [-0.25, -0.2) is 0 Å². The summed E-state index contributed by atoms with van der Waals surface area (Å²) in [6.45, 7) is 0. The molecular weight excluding hydrogens is 620 g/mol. The minimum atomic E-state index is -4.99. The molecule has 0 saturated carbocycles. The monoisotopic (exact) mass is 649 g/mol. The maximum Gasteiger partial charge on any atom is 0.416 e. The second-order valence-corrected chi connectivity index (χ2v) is 11.0. The lowest BCUT2D eigenvalue weighted by atomic mass is 9.90. The Morgan fingerprint density at radius 1 is 0.500 bits per heavy atom. The first kappa shape index (κ1) is 32.7. The Kier molecular flexibility index (Phi) is 10.1. The normalized spacial score (nSPS) is 13.2. The Bertz CT molecular complexity index is 1640. The third-order valence-corrected chi connectivity index (χ3v) is 7.61. The molecule has 0 radical (unpaired) electrons. The molecule has 0 saturated heterocycles. The first-order valence-corrected chi connectivity index (χ1v) is 14.7. The summed E-state index contributed by atoms with van der Waals surface area (Å²) in [4.78, 5) is 0. The maximum atomic E-state index is 13.5. The number of nitrogens with one attached hydrogen (secondary N) is 3. The highest BCUT2D eigenvalue weighted by atomic mass is 32.1. The van der Waals surface area contributed by atoms with Crippen molar-refractivity contribution in [1.29, 1.82) is 0 Å². The van der Waals surface area contributed by atoms with Gasteiger partial charge in [0.15, 0.2) is 5.11 Å². The number of hydrogen-bond acceptors (Lipinski definition) is 2. The number of anilines is 1. The molecule has 236 valence electrons. The number of halogens is 6. The molecule has 5 rings (SSSR count). The van der Waals surface area contributed by atoms with Crippen molar-refractivity contribution in [3.05, 3.63) is 173 Å². The highest BCUT2D eigenvalue weighted by Crippen LogP contribution is 2.38. The summed E-state index contributed by atoms with van der Waals surface area (Å²) in [6.07, 6.45) is -9.99. The van der Waals surface area contributed by atoms with E-state index in [0.717, 1.165) is 22.3 Å². The summed E-state index contributed by atoms with van der Waals surface area (Å²) < 4.78 is 81.3. The van der Waals surface area contributed by atoms with E-state index >= 15 is 0 Å². The average molecular weight is 650 g/mol. The van der Waals surface area contributed by atoms with Gasteiger partial charge in [-0.1, -0.05) is 121 Å². The third-order valence-electron chi connectivity index (χ3n) is 7.39. The highest BCUT2D eigenvalue weighted by Gasteiger charge is 2.37. The molecule has 10 heteroatoms. The van der Waals surface area contributed by atoms with Crippen molar-refractivity contribution < 1.29 is 26.3 Å². The van der Waals surface area contributed by atoms with E-state index in [-0.39, 0.29) is 17.2 Å². The van der Waals surface area contributed by atoms with Gasteiger partial charge in [0, 0.05) is 5.69 Å². The van der Waals surface area contributed by atoms with E-state index in [1.165, 1.54) is 0 Å². The van der Waals surface area contributed by atoms with E-state index in [2.05, 4.69) is 16.0 Å². The van der Waals surface area contributed by atoms with Crippen LogP contribution in [0.5, 0.6) is 0 Å². The quantitative estimate of drug-likeness (QED) is 0.110. The van der Waals surface area contributed by atoms with Crippen LogP contribution in [0.15, 0.2) is 140 Å². The maximum absolute atomic E-state index is 13.5. The van der Waals surface area contributed by atoms with Crippen molar-refractivity contribution in [3.8, 4) is 0 Å². The molecule has 0 fully saturated rings. The van der Waals surface area contributed by atoms with E-state index in [9.17, 15) is 26.3 Å². The minimum absolute atomic E-state index is 0.0804. The van der Waals surface area contributed by atoms with Crippen LogP contribution in [0.3, 0.4) is 0 Å². The lowest BCUT2D eigenvalue weighted by Gasteiger charge is -2.34. The van der Waals surface area contributed by atoms with Crippen molar-refractivity contribution in [1.82, 2.24) is 10.6 Å². The zero-order valence-corrected chi connectivity index (χ0v) is 25.0. The summed E-state index contributed by atoms with van der Waals surface area (Å²) >= 11 is 5.54. The van der Waals surface area contributed by atoms with Gasteiger partial charge in [-0.3, -0.25) is 5.32 Å². The average Bonchev–Trinajstić information content (AvgIpc) is 3.05. The molecule has 3 nitrogen and oxygen atoms in total. The summed E-state index contributed by atoms with van der Waals surface area (Å²) in [5.41, 5.74) is 0.322. The highest BCUT2D eigenvalue weighted by molar-refractivity contribution is 7.80. The zero-order valence-electron chi connectivity index (χ0n) is 24.2. The van der Waals surface area contributed by atoms with Gasteiger partial charge in [0.05, 0.1) is 29.3 Å². The molecule has 0 aliphatic heterocycles. The van der Waals surface area contributed by atoms with Gasteiger partial charge in [0.2, 0.25) is 0 Å². The minimum Gasteiger partial charge on any atom is -0.354 e. The van der Waals surface area contributed by atoms with Crippen LogP contribution in [0.25, 0.3) is 0 Å². The second kappa shape index (κ2) is 14.2. The SMILES string of the molecule is FC(F)(F)c1cc(NC(=S)NC(c2ccccc2)C(NC(c2ccccc2)c2ccccc2)c2ccccc2)cc(C(F)(F)F)c1. The molecule has 5 aromatic rings. The molecule has 0 heterocycles. The zero-order chi connectivity index (χ0) is 32.7. The van der Waals surface area contributed by atoms with Crippen LogP contribution >= 0.6 is 12.2 Å². The third kappa shape index (κ3) is 8.32. The fraction of sp³-hybridized carbons (Fsp3) is 0.139. The first-order valence-electron chi connectivity index (χ1n) is 14.3. The molecule has 2 atom stereocenters. The topological polar surface area (TPSA) is 36.1 Å². The van der Waals surface area contributed by atoms with Crippen LogP contribution in [0.2, 0.25) is 0 Å². The molecule has 0 bridgehead atoms. The molecule has 0 amide bonds. The van der Waals surface area contributed by atoms with Gasteiger partial charge in [-0.2, -0.15) is 26.3 Å². The van der Waals surface area contributed by atoms with Gasteiger partial charge in [0.25, 0.3) is 0 Å². The van der Waals surface area contributed by atoms with Crippen molar-refractivity contribution in [2.24, 2.45) is 0 Å². The second-order valence-electron chi connectivity index (χ2n) is 10.6. The van der Waals surface area contributed by atoms with E-state index in [1.807, 2.05) is 121 Å². The molecule has 2 unspecified atom stereocenters. The van der Waals surface area contributed by atoms with Gasteiger partial charge in [-0.15, -0.1) is 0 Å². The predicted molar refractivity (Wildman–Crippen MR) is 172 cm³/mol. The van der Waals surface area contributed by atoms with Crippen molar-refractivity contribution in [2.45, 2.75) is 30.5 Å². The largest absolute Gasteiger partial charge is 0.416 e. The van der Waals surface area contributed by atoms with Crippen molar-refractivity contribution >= 4 is 23.0 Å². The Morgan fingerprint density at radius 2 is 0.870 bits per heavy atom. The van der Waals surface area contributed by atoms with E-state index in [1.54, 1.807) is 0 Å². The summed E-state index contributed by atoms with van der Waals surface area (Å²) in [6, 6.07) is 38.4. The number of hydrogen-bond donors (Lipinski definition) is 3. The smallest absolute Gasteiger partial charge is 0.354 e.